The van der Waals surface area contributed by atoms with E-state index in [9.17, 15) is 9.18 Å². The first-order valence-corrected chi connectivity index (χ1v) is 12.1. The Labute approximate surface area is 194 Å². The topological polar surface area (TPSA) is 59.8 Å². The quantitative estimate of drug-likeness (QED) is 0.338. The molecule has 0 fully saturated rings. The highest BCUT2D eigenvalue weighted by Gasteiger charge is 2.15. The number of nitrogens with zero attached hydrogens (tertiary/aromatic N) is 3. The molecule has 0 spiro atoms. The summed E-state index contributed by atoms with van der Waals surface area (Å²) < 4.78 is 15.8. The Morgan fingerprint density at radius 3 is 2.72 bits per heavy atom. The maximum atomic E-state index is 13.7. The van der Waals surface area contributed by atoms with Crippen molar-refractivity contribution in [2.45, 2.75) is 31.5 Å². The molecule has 1 N–H and O–H groups in total. The molecule has 0 aliphatic heterocycles. The number of nitrogens with one attached hydrogen (secondary N) is 1. The second kappa shape index (κ2) is 10.6. The monoisotopic (exact) mass is 466 g/mol. The number of rotatable bonds is 9. The van der Waals surface area contributed by atoms with Gasteiger partial charge in [0.05, 0.1) is 5.75 Å². The first-order valence-electron chi connectivity index (χ1n) is 10.3. The molecule has 0 saturated heterocycles. The van der Waals surface area contributed by atoms with Gasteiger partial charge in [0, 0.05) is 23.5 Å². The lowest BCUT2D eigenvalue weighted by atomic mass is 10.1. The molecule has 0 atom stereocenters. The Hall–Kier alpha value is -2.97. The van der Waals surface area contributed by atoms with E-state index >= 15 is 0 Å². The van der Waals surface area contributed by atoms with Gasteiger partial charge in [-0.1, -0.05) is 54.2 Å². The number of hydrogen-bond acceptors (Lipinski definition) is 5. The molecule has 4 rings (SSSR count). The molecular weight excluding hydrogens is 443 g/mol. The summed E-state index contributed by atoms with van der Waals surface area (Å²) in [6.45, 7) is 2.41. The minimum Gasteiger partial charge on any atom is -0.325 e. The van der Waals surface area contributed by atoms with E-state index in [2.05, 4.69) is 38.3 Å². The molecule has 164 valence electrons. The van der Waals surface area contributed by atoms with Gasteiger partial charge in [-0.05, 0) is 48.1 Å². The molecule has 1 amide bonds. The van der Waals surface area contributed by atoms with Gasteiger partial charge in [-0.25, -0.2) is 4.39 Å². The van der Waals surface area contributed by atoms with Gasteiger partial charge in [-0.3, -0.25) is 4.79 Å². The van der Waals surface area contributed by atoms with Crippen LogP contribution in [0.1, 0.15) is 21.8 Å². The standard InChI is InChI=1S/C24H23FN4OS2/c1-17-9-10-19(14-21(17)25)26-23(30)16-32-24-28-27-22(15-20-8-5-13-31-20)29(24)12-11-18-6-3-2-4-7-18/h2-10,13-14H,11-12,15-16H2,1H3,(H,26,30). The van der Waals surface area contributed by atoms with Gasteiger partial charge in [0.15, 0.2) is 5.16 Å². The van der Waals surface area contributed by atoms with Crippen LogP contribution in [-0.4, -0.2) is 26.4 Å². The minimum atomic E-state index is -0.339. The average Bonchev–Trinajstić information content (AvgIpc) is 3.44. The lowest BCUT2D eigenvalue weighted by Gasteiger charge is -2.10. The lowest BCUT2D eigenvalue weighted by Crippen LogP contribution is -2.15. The molecule has 0 saturated carbocycles. The van der Waals surface area contributed by atoms with Crippen LogP contribution in [0.15, 0.2) is 71.2 Å². The fraction of sp³-hybridized carbons (Fsp3) is 0.208. The lowest BCUT2D eigenvalue weighted by molar-refractivity contribution is -0.113. The predicted octanol–water partition coefficient (Wildman–Crippen LogP) is 5.35. The third-order valence-corrected chi connectivity index (χ3v) is 6.80. The van der Waals surface area contributed by atoms with E-state index in [4.69, 9.17) is 0 Å². The molecule has 8 heteroatoms. The maximum absolute atomic E-state index is 13.7. The Kier molecular flexibility index (Phi) is 7.34. The highest BCUT2D eigenvalue weighted by atomic mass is 32.2. The smallest absolute Gasteiger partial charge is 0.234 e. The molecule has 0 unspecified atom stereocenters. The number of thioether (sulfide) groups is 1. The van der Waals surface area contributed by atoms with Crippen LogP contribution in [-0.2, 0) is 24.2 Å². The van der Waals surface area contributed by atoms with Crippen molar-refractivity contribution in [2.75, 3.05) is 11.1 Å². The molecule has 0 aliphatic carbocycles. The number of aromatic nitrogens is 3. The molecule has 2 aromatic carbocycles. The van der Waals surface area contributed by atoms with Crippen LogP contribution in [0.25, 0.3) is 0 Å². The van der Waals surface area contributed by atoms with Crippen molar-refractivity contribution in [2.24, 2.45) is 0 Å². The maximum Gasteiger partial charge on any atom is 0.234 e. The molecular formula is C24H23FN4OS2. The SMILES string of the molecule is Cc1ccc(NC(=O)CSc2nnc(Cc3cccs3)n2CCc2ccccc2)cc1F. The summed E-state index contributed by atoms with van der Waals surface area (Å²) in [5.41, 5.74) is 2.23. The number of aryl methyl sites for hydroxylation is 2. The molecule has 2 aromatic heterocycles. The second-order valence-corrected chi connectivity index (χ2v) is 9.32. The van der Waals surface area contributed by atoms with Crippen LogP contribution in [0.3, 0.4) is 0 Å². The summed E-state index contributed by atoms with van der Waals surface area (Å²) in [6.07, 6.45) is 1.55. The third-order valence-electron chi connectivity index (χ3n) is 4.96. The number of carbonyl (C=O) groups is 1. The van der Waals surface area contributed by atoms with Gasteiger partial charge < -0.3 is 9.88 Å². The fourth-order valence-corrected chi connectivity index (χ4v) is 4.72. The van der Waals surface area contributed by atoms with E-state index in [-0.39, 0.29) is 17.5 Å². The first-order chi connectivity index (χ1) is 15.6. The second-order valence-electron chi connectivity index (χ2n) is 7.34. The van der Waals surface area contributed by atoms with Crippen molar-refractivity contribution in [3.8, 4) is 0 Å². The van der Waals surface area contributed by atoms with Gasteiger partial charge in [0.1, 0.15) is 11.6 Å². The van der Waals surface area contributed by atoms with E-state index in [1.807, 2.05) is 29.6 Å². The van der Waals surface area contributed by atoms with Crippen molar-refractivity contribution >= 4 is 34.7 Å². The van der Waals surface area contributed by atoms with Crippen LogP contribution in [0.2, 0.25) is 0 Å². The molecule has 4 aromatic rings. The van der Waals surface area contributed by atoms with E-state index < -0.39 is 0 Å². The molecule has 0 aliphatic rings. The number of hydrogen-bond donors (Lipinski definition) is 1. The van der Waals surface area contributed by atoms with Crippen molar-refractivity contribution < 1.29 is 9.18 Å². The molecule has 0 bridgehead atoms. The van der Waals surface area contributed by atoms with Crippen LogP contribution >= 0.6 is 23.1 Å². The number of benzene rings is 2. The Balaban J connectivity index is 1.44. The summed E-state index contributed by atoms with van der Waals surface area (Å²) in [5.74, 6) is 0.495. The van der Waals surface area contributed by atoms with Gasteiger partial charge in [0.2, 0.25) is 5.91 Å². The summed E-state index contributed by atoms with van der Waals surface area (Å²) in [7, 11) is 0. The first kappa shape index (κ1) is 22.2. The molecule has 32 heavy (non-hydrogen) atoms. The number of halogens is 1. The van der Waals surface area contributed by atoms with Gasteiger partial charge >= 0.3 is 0 Å². The summed E-state index contributed by atoms with van der Waals surface area (Å²) in [6, 6.07) is 19.1. The summed E-state index contributed by atoms with van der Waals surface area (Å²) in [5, 5.41) is 14.3. The number of carbonyl (C=O) groups excluding carboxylic acids is 1. The third kappa shape index (κ3) is 5.83. The van der Waals surface area contributed by atoms with Crippen LogP contribution < -0.4 is 5.32 Å². The zero-order valence-electron chi connectivity index (χ0n) is 17.6. The van der Waals surface area contributed by atoms with E-state index in [1.54, 1.807) is 30.4 Å². The van der Waals surface area contributed by atoms with Crippen molar-refractivity contribution in [1.29, 1.82) is 0 Å². The predicted molar refractivity (Wildman–Crippen MR) is 128 cm³/mol. The normalized spacial score (nSPS) is 10.9. The van der Waals surface area contributed by atoms with Gasteiger partial charge in [-0.15, -0.1) is 21.5 Å². The van der Waals surface area contributed by atoms with E-state index in [1.165, 1.54) is 28.3 Å². The van der Waals surface area contributed by atoms with Crippen molar-refractivity contribution in [3.63, 3.8) is 0 Å². The van der Waals surface area contributed by atoms with Gasteiger partial charge in [0.25, 0.3) is 0 Å². The highest BCUT2D eigenvalue weighted by molar-refractivity contribution is 7.99. The Bertz CT molecular complexity index is 1180. The zero-order valence-corrected chi connectivity index (χ0v) is 19.3. The number of thiophene rings is 1. The van der Waals surface area contributed by atoms with Crippen molar-refractivity contribution in [1.82, 2.24) is 14.8 Å². The minimum absolute atomic E-state index is 0.165. The average molecular weight is 467 g/mol. The van der Waals surface area contributed by atoms with Crippen LogP contribution in [0, 0.1) is 12.7 Å². The number of amides is 1. The zero-order chi connectivity index (χ0) is 22.3. The van der Waals surface area contributed by atoms with Gasteiger partial charge in [-0.2, -0.15) is 0 Å². The fourth-order valence-electron chi connectivity index (χ4n) is 3.23. The summed E-state index contributed by atoms with van der Waals surface area (Å²) in [4.78, 5) is 13.6. The van der Waals surface area contributed by atoms with E-state index in [0.29, 0.717) is 22.8 Å². The highest BCUT2D eigenvalue weighted by Crippen LogP contribution is 2.22. The Morgan fingerprint density at radius 1 is 1.12 bits per heavy atom. The summed E-state index contributed by atoms with van der Waals surface area (Å²) >= 11 is 3.03. The van der Waals surface area contributed by atoms with Crippen LogP contribution in [0.5, 0.6) is 0 Å². The molecule has 0 radical (unpaired) electrons. The number of anilines is 1. The largest absolute Gasteiger partial charge is 0.325 e. The molecule has 2 heterocycles. The van der Waals surface area contributed by atoms with Crippen molar-refractivity contribution in [3.05, 3.63) is 93.7 Å². The Morgan fingerprint density at radius 2 is 1.97 bits per heavy atom. The van der Waals surface area contributed by atoms with Crippen LogP contribution in [0.4, 0.5) is 10.1 Å². The molecule has 5 nitrogen and oxygen atoms in total. The van der Waals surface area contributed by atoms with E-state index in [0.717, 1.165) is 18.8 Å².